The minimum absolute atomic E-state index is 0.251. The molecule has 2 N–H and O–H groups in total. The third kappa shape index (κ3) is 3.32. The quantitative estimate of drug-likeness (QED) is 0.905. The van der Waals surface area contributed by atoms with Crippen LogP contribution in [0.2, 0.25) is 0 Å². The first-order valence-corrected chi connectivity index (χ1v) is 6.53. The molecular formula is C14H13BrN2O2. The van der Waals surface area contributed by atoms with E-state index in [-0.39, 0.29) is 5.56 Å². The van der Waals surface area contributed by atoms with Gasteiger partial charge in [0.2, 0.25) is 0 Å². The van der Waals surface area contributed by atoms with E-state index in [0.29, 0.717) is 12.2 Å². The fourth-order valence-corrected chi connectivity index (χ4v) is 2.10. The Morgan fingerprint density at radius 1 is 1.42 bits per heavy atom. The molecule has 1 aromatic heterocycles. The summed E-state index contributed by atoms with van der Waals surface area (Å²) >= 11 is 3.27. The SMILES string of the molecule is Cc1cnccc1CNc1ccc(Br)cc1C(=O)O. The summed E-state index contributed by atoms with van der Waals surface area (Å²) in [6.45, 7) is 2.54. The number of aromatic nitrogens is 1. The van der Waals surface area contributed by atoms with Crippen LogP contribution in [0.3, 0.4) is 0 Å². The van der Waals surface area contributed by atoms with E-state index in [1.807, 2.05) is 19.1 Å². The van der Waals surface area contributed by atoms with Gasteiger partial charge in [0, 0.05) is 29.1 Å². The fraction of sp³-hybridized carbons (Fsp3) is 0.143. The summed E-state index contributed by atoms with van der Waals surface area (Å²) in [5.74, 6) is -0.949. The summed E-state index contributed by atoms with van der Waals surface area (Å²) in [5.41, 5.74) is 3.02. The Hall–Kier alpha value is -1.88. The largest absolute Gasteiger partial charge is 0.478 e. The van der Waals surface area contributed by atoms with Crippen LogP contribution >= 0.6 is 15.9 Å². The number of rotatable bonds is 4. The summed E-state index contributed by atoms with van der Waals surface area (Å²) < 4.78 is 0.746. The van der Waals surface area contributed by atoms with E-state index in [1.54, 1.807) is 24.5 Å². The summed E-state index contributed by atoms with van der Waals surface area (Å²) in [6.07, 6.45) is 3.51. The average Bonchev–Trinajstić information content (AvgIpc) is 2.38. The zero-order chi connectivity index (χ0) is 13.8. The summed E-state index contributed by atoms with van der Waals surface area (Å²) in [4.78, 5) is 15.2. The third-order valence-corrected chi connectivity index (χ3v) is 3.31. The Balaban J connectivity index is 2.20. The van der Waals surface area contributed by atoms with Crippen LogP contribution in [0.1, 0.15) is 21.5 Å². The maximum atomic E-state index is 11.2. The molecule has 0 radical (unpaired) electrons. The standard InChI is InChI=1S/C14H13BrN2O2/c1-9-7-16-5-4-10(9)8-17-13-3-2-11(15)6-12(13)14(18)19/h2-7,17H,8H2,1H3,(H,18,19). The van der Waals surface area contributed by atoms with E-state index in [1.165, 1.54) is 0 Å². The molecule has 0 aliphatic carbocycles. The lowest BCUT2D eigenvalue weighted by atomic mass is 10.1. The van der Waals surface area contributed by atoms with Gasteiger partial charge in [-0.05, 0) is 42.3 Å². The zero-order valence-electron chi connectivity index (χ0n) is 10.4. The number of aromatic carboxylic acids is 1. The number of anilines is 1. The molecule has 4 nitrogen and oxygen atoms in total. The van der Waals surface area contributed by atoms with Crippen LogP contribution in [0, 0.1) is 6.92 Å². The van der Waals surface area contributed by atoms with Crippen LogP contribution < -0.4 is 5.32 Å². The van der Waals surface area contributed by atoms with Crippen LogP contribution in [0.4, 0.5) is 5.69 Å². The number of carboxylic acids is 1. The molecule has 0 bridgehead atoms. The molecular weight excluding hydrogens is 308 g/mol. The minimum atomic E-state index is -0.949. The molecule has 1 heterocycles. The molecule has 0 saturated carbocycles. The normalized spacial score (nSPS) is 10.2. The maximum absolute atomic E-state index is 11.2. The number of aryl methyl sites for hydroxylation is 1. The predicted octanol–water partition coefficient (Wildman–Crippen LogP) is 3.46. The fourth-order valence-electron chi connectivity index (χ4n) is 1.74. The van der Waals surface area contributed by atoms with Crippen molar-refractivity contribution in [2.75, 3.05) is 5.32 Å². The maximum Gasteiger partial charge on any atom is 0.337 e. The lowest BCUT2D eigenvalue weighted by Crippen LogP contribution is -2.07. The molecule has 0 unspecified atom stereocenters. The van der Waals surface area contributed by atoms with Crippen LogP contribution in [0.15, 0.2) is 41.1 Å². The van der Waals surface area contributed by atoms with Crippen molar-refractivity contribution < 1.29 is 9.90 Å². The van der Waals surface area contributed by atoms with Gasteiger partial charge in [-0.2, -0.15) is 0 Å². The average molecular weight is 321 g/mol. The van der Waals surface area contributed by atoms with Gasteiger partial charge in [0.25, 0.3) is 0 Å². The number of nitrogens with zero attached hydrogens (tertiary/aromatic N) is 1. The van der Waals surface area contributed by atoms with Gasteiger partial charge < -0.3 is 10.4 Å². The molecule has 0 fully saturated rings. The number of pyridine rings is 1. The molecule has 0 spiro atoms. The second kappa shape index (κ2) is 5.84. The molecule has 5 heteroatoms. The molecule has 2 rings (SSSR count). The van der Waals surface area contributed by atoms with Gasteiger partial charge in [-0.15, -0.1) is 0 Å². The van der Waals surface area contributed by atoms with E-state index in [2.05, 4.69) is 26.2 Å². The Labute approximate surface area is 119 Å². The first-order chi connectivity index (χ1) is 9.08. The van der Waals surface area contributed by atoms with Crippen molar-refractivity contribution in [1.29, 1.82) is 0 Å². The van der Waals surface area contributed by atoms with E-state index in [0.717, 1.165) is 15.6 Å². The monoisotopic (exact) mass is 320 g/mol. The minimum Gasteiger partial charge on any atom is -0.478 e. The van der Waals surface area contributed by atoms with Crippen molar-refractivity contribution >= 4 is 27.6 Å². The lowest BCUT2D eigenvalue weighted by molar-refractivity contribution is 0.0698. The Morgan fingerprint density at radius 2 is 2.21 bits per heavy atom. The zero-order valence-corrected chi connectivity index (χ0v) is 11.9. The molecule has 0 aliphatic heterocycles. The van der Waals surface area contributed by atoms with Gasteiger partial charge in [0.15, 0.2) is 0 Å². The van der Waals surface area contributed by atoms with Gasteiger partial charge >= 0.3 is 5.97 Å². The molecule has 0 aliphatic rings. The van der Waals surface area contributed by atoms with Crippen LogP contribution in [-0.4, -0.2) is 16.1 Å². The van der Waals surface area contributed by atoms with Gasteiger partial charge in [-0.1, -0.05) is 15.9 Å². The molecule has 19 heavy (non-hydrogen) atoms. The molecule has 0 saturated heterocycles. The summed E-state index contributed by atoms with van der Waals surface area (Å²) in [7, 11) is 0. The first-order valence-electron chi connectivity index (χ1n) is 5.74. The smallest absolute Gasteiger partial charge is 0.337 e. The molecule has 2 aromatic rings. The first kappa shape index (κ1) is 13.5. The molecule has 98 valence electrons. The van der Waals surface area contributed by atoms with Gasteiger partial charge in [0.05, 0.1) is 5.56 Å². The highest BCUT2D eigenvalue weighted by atomic mass is 79.9. The third-order valence-electron chi connectivity index (χ3n) is 2.82. The van der Waals surface area contributed by atoms with Crippen molar-refractivity contribution in [2.24, 2.45) is 0 Å². The van der Waals surface area contributed by atoms with Crippen molar-refractivity contribution in [1.82, 2.24) is 4.98 Å². The number of benzene rings is 1. The van der Waals surface area contributed by atoms with E-state index in [4.69, 9.17) is 0 Å². The number of hydrogen-bond donors (Lipinski definition) is 2. The topological polar surface area (TPSA) is 62.2 Å². The van der Waals surface area contributed by atoms with Gasteiger partial charge in [-0.25, -0.2) is 4.79 Å². The predicted molar refractivity (Wildman–Crippen MR) is 77.4 cm³/mol. The number of halogens is 1. The number of carboxylic acid groups (broad SMARTS) is 1. The van der Waals surface area contributed by atoms with Gasteiger partial charge in [-0.3, -0.25) is 4.98 Å². The Morgan fingerprint density at radius 3 is 2.89 bits per heavy atom. The Bertz CT molecular complexity index is 614. The van der Waals surface area contributed by atoms with Crippen LogP contribution in [-0.2, 0) is 6.54 Å². The molecule has 0 amide bonds. The summed E-state index contributed by atoms with van der Waals surface area (Å²) in [5, 5.41) is 12.3. The molecule has 0 atom stereocenters. The Kier molecular flexibility index (Phi) is 4.16. The van der Waals surface area contributed by atoms with E-state index < -0.39 is 5.97 Å². The van der Waals surface area contributed by atoms with Crippen molar-refractivity contribution in [2.45, 2.75) is 13.5 Å². The van der Waals surface area contributed by atoms with Crippen LogP contribution in [0.25, 0.3) is 0 Å². The number of nitrogens with one attached hydrogen (secondary N) is 1. The van der Waals surface area contributed by atoms with E-state index >= 15 is 0 Å². The number of hydrogen-bond acceptors (Lipinski definition) is 3. The van der Waals surface area contributed by atoms with Crippen molar-refractivity contribution in [3.8, 4) is 0 Å². The highest BCUT2D eigenvalue weighted by Crippen LogP contribution is 2.22. The van der Waals surface area contributed by atoms with Gasteiger partial charge in [0.1, 0.15) is 0 Å². The second-order valence-corrected chi connectivity index (χ2v) is 5.07. The highest BCUT2D eigenvalue weighted by Gasteiger charge is 2.10. The number of carbonyl (C=O) groups is 1. The second-order valence-electron chi connectivity index (χ2n) is 4.15. The van der Waals surface area contributed by atoms with E-state index in [9.17, 15) is 9.90 Å². The van der Waals surface area contributed by atoms with Crippen molar-refractivity contribution in [3.05, 3.63) is 57.8 Å². The lowest BCUT2D eigenvalue weighted by Gasteiger charge is -2.11. The van der Waals surface area contributed by atoms with Crippen LogP contribution in [0.5, 0.6) is 0 Å². The van der Waals surface area contributed by atoms with Crippen molar-refractivity contribution in [3.63, 3.8) is 0 Å². The highest BCUT2D eigenvalue weighted by molar-refractivity contribution is 9.10. The summed E-state index contributed by atoms with van der Waals surface area (Å²) in [6, 6.07) is 7.07. The molecule has 1 aromatic carbocycles.